The van der Waals surface area contributed by atoms with Crippen molar-refractivity contribution in [3.05, 3.63) is 23.9 Å². The molecule has 1 aliphatic carbocycles. The molecule has 2 fully saturated rings. The number of aromatic nitrogens is 1. The predicted octanol–water partition coefficient (Wildman–Crippen LogP) is 4.53. The van der Waals surface area contributed by atoms with E-state index in [4.69, 9.17) is 4.74 Å². The maximum atomic E-state index is 13.0. The van der Waals surface area contributed by atoms with Crippen molar-refractivity contribution in [3.8, 4) is 0 Å². The fourth-order valence-electron chi connectivity index (χ4n) is 3.79. The van der Waals surface area contributed by atoms with Gasteiger partial charge in [-0.25, -0.2) is 9.78 Å². The molecule has 0 radical (unpaired) electrons. The molecule has 2 aliphatic rings. The number of ether oxygens (including phenoxy) is 1. The zero-order valence-corrected chi connectivity index (χ0v) is 16.0. The van der Waals surface area contributed by atoms with Gasteiger partial charge >= 0.3 is 6.09 Å². The van der Waals surface area contributed by atoms with Crippen molar-refractivity contribution in [3.63, 3.8) is 0 Å². The van der Waals surface area contributed by atoms with E-state index < -0.39 is 5.60 Å². The molecule has 0 unspecified atom stereocenters. The van der Waals surface area contributed by atoms with Crippen LogP contribution in [0.2, 0.25) is 0 Å². The van der Waals surface area contributed by atoms with Gasteiger partial charge in [-0.2, -0.15) is 0 Å². The number of nitrogens with zero attached hydrogens (tertiary/aromatic N) is 3. The zero-order valence-electron chi connectivity index (χ0n) is 16.0. The lowest BCUT2D eigenvalue weighted by molar-refractivity contribution is 0.0547. The maximum Gasteiger partial charge on any atom is 0.416 e. The zero-order chi connectivity index (χ0) is 18.0. The van der Waals surface area contributed by atoms with E-state index >= 15 is 0 Å². The topological polar surface area (TPSA) is 45.7 Å². The summed E-state index contributed by atoms with van der Waals surface area (Å²) in [5, 5.41) is 0. The van der Waals surface area contributed by atoms with Crippen molar-refractivity contribution >= 4 is 11.9 Å². The lowest BCUT2D eigenvalue weighted by atomic mass is 9.91. The third-order valence-corrected chi connectivity index (χ3v) is 5.20. The molecule has 0 spiro atoms. The number of anilines is 1. The molecule has 1 saturated carbocycles. The molecule has 138 valence electrons. The summed E-state index contributed by atoms with van der Waals surface area (Å²) in [4.78, 5) is 21.9. The molecule has 1 amide bonds. The molecular formula is C20H31N3O2. The summed E-state index contributed by atoms with van der Waals surface area (Å²) in [7, 11) is 0. The van der Waals surface area contributed by atoms with Crippen LogP contribution in [0.4, 0.5) is 10.6 Å². The number of rotatable bonds is 4. The molecule has 1 aromatic rings. The molecule has 1 atom stereocenters. The van der Waals surface area contributed by atoms with Gasteiger partial charge in [-0.3, -0.25) is 9.80 Å². The van der Waals surface area contributed by atoms with Crippen LogP contribution in [0.1, 0.15) is 71.4 Å². The van der Waals surface area contributed by atoms with E-state index in [9.17, 15) is 4.79 Å². The monoisotopic (exact) mass is 345 g/mol. The summed E-state index contributed by atoms with van der Waals surface area (Å²) < 4.78 is 5.72. The van der Waals surface area contributed by atoms with E-state index in [1.54, 1.807) is 6.20 Å². The highest BCUT2D eigenvalue weighted by molar-refractivity contribution is 5.88. The Morgan fingerprint density at radius 2 is 2.08 bits per heavy atom. The molecule has 1 saturated heterocycles. The fraction of sp³-hybridized carbons (Fsp3) is 0.700. The van der Waals surface area contributed by atoms with Crippen LogP contribution in [0, 0.1) is 0 Å². The second-order valence-corrected chi connectivity index (χ2v) is 8.14. The first kappa shape index (κ1) is 18.2. The maximum absolute atomic E-state index is 13.0. The SMILES string of the molecule is CCN1CCC[C@H]1c1cccnc1N(C(=O)OC(C)(C)C)C1CCC1. The van der Waals surface area contributed by atoms with E-state index in [2.05, 4.69) is 22.9 Å². The average Bonchev–Trinajstić information content (AvgIpc) is 2.97. The van der Waals surface area contributed by atoms with Crippen LogP contribution in [0.25, 0.3) is 0 Å². The largest absolute Gasteiger partial charge is 0.443 e. The van der Waals surface area contributed by atoms with E-state index in [1.165, 1.54) is 12.0 Å². The third kappa shape index (κ3) is 3.97. The van der Waals surface area contributed by atoms with Crippen LogP contribution in [-0.2, 0) is 4.74 Å². The second-order valence-electron chi connectivity index (χ2n) is 8.14. The summed E-state index contributed by atoms with van der Waals surface area (Å²) in [6.07, 6.45) is 7.06. The summed E-state index contributed by atoms with van der Waals surface area (Å²) in [6.45, 7) is 10.1. The molecule has 0 aromatic carbocycles. The van der Waals surface area contributed by atoms with E-state index in [0.717, 1.165) is 44.6 Å². The second kappa shape index (κ2) is 7.32. The quantitative estimate of drug-likeness (QED) is 0.804. The van der Waals surface area contributed by atoms with Gasteiger partial charge in [-0.15, -0.1) is 0 Å². The minimum Gasteiger partial charge on any atom is -0.443 e. The van der Waals surface area contributed by atoms with Gasteiger partial charge in [-0.05, 0) is 72.0 Å². The minimum absolute atomic E-state index is 0.208. The molecule has 2 heterocycles. The molecule has 3 rings (SSSR count). The predicted molar refractivity (Wildman–Crippen MR) is 99.8 cm³/mol. The van der Waals surface area contributed by atoms with Gasteiger partial charge in [0, 0.05) is 23.8 Å². The van der Waals surface area contributed by atoms with Crippen molar-refractivity contribution in [1.29, 1.82) is 0 Å². The van der Waals surface area contributed by atoms with Crippen LogP contribution < -0.4 is 4.90 Å². The third-order valence-electron chi connectivity index (χ3n) is 5.20. The Labute approximate surface area is 151 Å². The van der Waals surface area contributed by atoms with Gasteiger partial charge in [0.1, 0.15) is 11.4 Å². The van der Waals surface area contributed by atoms with Gasteiger partial charge in [0.2, 0.25) is 0 Å². The number of hydrogen-bond acceptors (Lipinski definition) is 4. The van der Waals surface area contributed by atoms with Gasteiger partial charge < -0.3 is 4.74 Å². The van der Waals surface area contributed by atoms with Gasteiger partial charge in [0.05, 0.1) is 0 Å². The Balaban J connectivity index is 1.95. The minimum atomic E-state index is -0.503. The molecule has 0 N–H and O–H groups in total. The first-order valence-electron chi connectivity index (χ1n) is 9.62. The molecular weight excluding hydrogens is 314 g/mol. The van der Waals surface area contributed by atoms with E-state index in [-0.39, 0.29) is 12.1 Å². The van der Waals surface area contributed by atoms with E-state index in [1.807, 2.05) is 31.7 Å². The Bertz CT molecular complexity index is 607. The van der Waals surface area contributed by atoms with E-state index in [0.29, 0.717) is 6.04 Å². The highest BCUT2D eigenvalue weighted by Crippen LogP contribution is 2.39. The van der Waals surface area contributed by atoms with Crippen LogP contribution in [0.15, 0.2) is 18.3 Å². The smallest absolute Gasteiger partial charge is 0.416 e. The number of amides is 1. The highest BCUT2D eigenvalue weighted by atomic mass is 16.6. The van der Waals surface area contributed by atoms with Crippen LogP contribution in [0.5, 0.6) is 0 Å². The number of pyridine rings is 1. The standard InChI is InChI=1S/C20H31N3O2/c1-5-22-14-8-12-17(22)16-11-7-13-21-18(16)23(15-9-6-10-15)19(24)25-20(2,3)4/h7,11,13,15,17H,5-6,8-10,12,14H2,1-4H3/t17-/m0/s1. The number of carbonyl (C=O) groups is 1. The van der Waals surface area contributed by atoms with Crippen LogP contribution in [-0.4, -0.2) is 40.7 Å². The first-order valence-corrected chi connectivity index (χ1v) is 9.62. The number of likely N-dealkylation sites (tertiary alicyclic amines) is 1. The van der Waals surface area contributed by atoms with Gasteiger partial charge in [0.15, 0.2) is 0 Å². The van der Waals surface area contributed by atoms with Gasteiger partial charge in [0.25, 0.3) is 0 Å². The molecule has 1 aliphatic heterocycles. The summed E-state index contributed by atoms with van der Waals surface area (Å²) in [6, 6.07) is 4.68. The first-order chi connectivity index (χ1) is 11.9. The molecule has 5 heteroatoms. The van der Waals surface area contributed by atoms with Gasteiger partial charge in [-0.1, -0.05) is 13.0 Å². The summed E-state index contributed by atoms with van der Waals surface area (Å²) in [5.74, 6) is 0.798. The lowest BCUT2D eigenvalue weighted by Crippen LogP contribution is -2.48. The van der Waals surface area contributed by atoms with Crippen molar-refractivity contribution < 1.29 is 9.53 Å². The Morgan fingerprint density at radius 1 is 1.32 bits per heavy atom. The molecule has 1 aromatic heterocycles. The van der Waals surface area contributed by atoms with Crippen molar-refractivity contribution in [2.24, 2.45) is 0 Å². The normalized spacial score (nSPS) is 21.8. The van der Waals surface area contributed by atoms with Crippen LogP contribution >= 0.6 is 0 Å². The number of hydrogen-bond donors (Lipinski definition) is 0. The Morgan fingerprint density at radius 3 is 2.68 bits per heavy atom. The van der Waals surface area contributed by atoms with Crippen molar-refractivity contribution in [2.45, 2.75) is 77.5 Å². The van der Waals surface area contributed by atoms with Crippen molar-refractivity contribution in [1.82, 2.24) is 9.88 Å². The molecule has 25 heavy (non-hydrogen) atoms. The Kier molecular flexibility index (Phi) is 5.32. The Hall–Kier alpha value is -1.62. The highest BCUT2D eigenvalue weighted by Gasteiger charge is 2.37. The summed E-state index contributed by atoms with van der Waals surface area (Å²) >= 11 is 0. The van der Waals surface area contributed by atoms with Crippen LogP contribution in [0.3, 0.4) is 0 Å². The fourth-order valence-corrected chi connectivity index (χ4v) is 3.79. The molecule has 5 nitrogen and oxygen atoms in total. The average molecular weight is 345 g/mol. The molecule has 0 bridgehead atoms. The summed E-state index contributed by atoms with van der Waals surface area (Å²) in [5.41, 5.74) is 0.663. The van der Waals surface area contributed by atoms with Crippen molar-refractivity contribution in [2.75, 3.05) is 18.0 Å². The number of carbonyl (C=O) groups excluding carboxylic acids is 1. The lowest BCUT2D eigenvalue weighted by Gasteiger charge is -2.39.